The van der Waals surface area contributed by atoms with Crippen LogP contribution in [0.25, 0.3) is 43.6 Å². The van der Waals surface area contributed by atoms with Crippen LogP contribution in [0.2, 0.25) is 0 Å². The molecule has 4 atom stereocenters. The molecular formula is C27H20BrN3O2. The summed E-state index contributed by atoms with van der Waals surface area (Å²) in [5, 5.41) is 7.74. The monoisotopic (exact) mass is 497 g/mol. The van der Waals surface area contributed by atoms with Crippen LogP contribution in [0, 0.1) is 11.3 Å². The van der Waals surface area contributed by atoms with E-state index in [1.807, 2.05) is 0 Å². The molecule has 1 N–H and O–H groups in total. The molecule has 3 aromatic carbocycles. The minimum atomic E-state index is -0.350. The summed E-state index contributed by atoms with van der Waals surface area (Å²) in [4.78, 5) is 13.3. The Hall–Kier alpha value is -2.83. The molecule has 5 aromatic rings. The van der Waals surface area contributed by atoms with Crippen molar-refractivity contribution in [1.29, 1.82) is 0 Å². The van der Waals surface area contributed by atoms with E-state index in [0.717, 1.165) is 43.8 Å². The second kappa shape index (κ2) is 4.98. The summed E-state index contributed by atoms with van der Waals surface area (Å²) in [6.45, 7) is 5.29. The van der Waals surface area contributed by atoms with Crippen molar-refractivity contribution in [2.75, 3.05) is 0 Å². The van der Waals surface area contributed by atoms with Gasteiger partial charge in [0.1, 0.15) is 6.23 Å². The predicted molar refractivity (Wildman–Crippen MR) is 131 cm³/mol. The summed E-state index contributed by atoms with van der Waals surface area (Å²) in [7, 11) is 0. The van der Waals surface area contributed by atoms with Gasteiger partial charge in [-0.05, 0) is 29.8 Å². The molecule has 2 bridgehead atoms. The standard InChI is InChI=1S/C27H20BrN3O2/c1-12-26(2)10-19-30-17-8-7-13(28)9-15(17)21-22-16(11-29-25(22)32)20-14-5-3-4-6-18(14)31(24(20)23(21)30)27(12,26)33-19/h3-9,12,19H,10-11H2,1-2H3,(H,29,32). The third-order valence-corrected chi connectivity index (χ3v) is 9.88. The molecule has 6 heteroatoms. The van der Waals surface area contributed by atoms with Gasteiger partial charge in [-0.2, -0.15) is 0 Å². The van der Waals surface area contributed by atoms with E-state index in [1.165, 1.54) is 21.8 Å². The Balaban J connectivity index is 1.68. The lowest BCUT2D eigenvalue weighted by Gasteiger charge is -2.22. The molecule has 1 aliphatic carbocycles. The molecule has 1 saturated heterocycles. The Morgan fingerprint density at radius 3 is 2.82 bits per heavy atom. The molecule has 2 aromatic heterocycles. The van der Waals surface area contributed by atoms with Crippen molar-refractivity contribution in [3.63, 3.8) is 0 Å². The topological polar surface area (TPSA) is 48.2 Å². The summed E-state index contributed by atoms with van der Waals surface area (Å²) in [5.41, 5.74) is 6.41. The molecule has 1 spiro atoms. The smallest absolute Gasteiger partial charge is 0.252 e. The lowest BCUT2D eigenvalue weighted by Crippen LogP contribution is -2.23. The summed E-state index contributed by atoms with van der Waals surface area (Å²) in [6, 6.07) is 15.1. The number of para-hydroxylation sites is 1. The lowest BCUT2D eigenvalue weighted by molar-refractivity contribution is -0.0803. The number of nitrogens with zero attached hydrogens (tertiary/aromatic N) is 2. The number of hydrogen-bond acceptors (Lipinski definition) is 2. The van der Waals surface area contributed by atoms with Gasteiger partial charge in [-0.15, -0.1) is 0 Å². The van der Waals surface area contributed by atoms with Crippen LogP contribution < -0.4 is 5.32 Å². The molecule has 2 fully saturated rings. The van der Waals surface area contributed by atoms with E-state index in [2.05, 4.69) is 86.7 Å². The summed E-state index contributed by atoms with van der Waals surface area (Å²) < 4.78 is 13.0. The number of carbonyl (C=O) groups is 1. The van der Waals surface area contributed by atoms with Crippen molar-refractivity contribution in [1.82, 2.24) is 14.5 Å². The molecule has 162 valence electrons. The van der Waals surface area contributed by atoms with Crippen molar-refractivity contribution in [3.8, 4) is 0 Å². The lowest BCUT2D eigenvalue weighted by atomic mass is 9.96. The third-order valence-electron chi connectivity index (χ3n) is 9.38. The van der Waals surface area contributed by atoms with Gasteiger partial charge in [-0.1, -0.05) is 48.0 Å². The highest BCUT2D eigenvalue weighted by Gasteiger charge is 2.80. The molecule has 0 radical (unpaired) electrons. The Kier molecular flexibility index (Phi) is 2.66. The molecule has 1 saturated carbocycles. The molecular weight excluding hydrogens is 478 g/mol. The van der Waals surface area contributed by atoms with Crippen molar-refractivity contribution in [3.05, 3.63) is 58.1 Å². The Labute approximate surface area is 197 Å². The number of benzene rings is 3. The normalized spacial score (nSPS) is 31.1. The van der Waals surface area contributed by atoms with Crippen LogP contribution in [0.5, 0.6) is 0 Å². The van der Waals surface area contributed by atoms with Gasteiger partial charge in [0, 0.05) is 50.3 Å². The van der Waals surface area contributed by atoms with Gasteiger partial charge in [-0.3, -0.25) is 4.79 Å². The van der Waals surface area contributed by atoms with Crippen molar-refractivity contribution in [2.45, 2.75) is 38.8 Å². The average molecular weight is 498 g/mol. The summed E-state index contributed by atoms with van der Waals surface area (Å²) in [5.74, 6) is 0.453. The van der Waals surface area contributed by atoms with Gasteiger partial charge in [0.15, 0.2) is 5.72 Å². The fourth-order valence-electron chi connectivity index (χ4n) is 7.81. The van der Waals surface area contributed by atoms with Crippen LogP contribution in [0.3, 0.4) is 0 Å². The Morgan fingerprint density at radius 2 is 1.94 bits per heavy atom. The number of rotatable bonds is 0. The van der Waals surface area contributed by atoms with Gasteiger partial charge < -0.3 is 19.2 Å². The van der Waals surface area contributed by atoms with E-state index in [4.69, 9.17) is 4.74 Å². The Morgan fingerprint density at radius 1 is 1.09 bits per heavy atom. The summed E-state index contributed by atoms with van der Waals surface area (Å²) >= 11 is 3.68. The molecule has 4 unspecified atom stereocenters. The number of halogens is 1. The first kappa shape index (κ1) is 17.6. The maximum absolute atomic E-state index is 13.3. The van der Waals surface area contributed by atoms with E-state index in [0.29, 0.717) is 12.5 Å². The van der Waals surface area contributed by atoms with E-state index in [9.17, 15) is 4.79 Å². The molecule has 5 heterocycles. The highest BCUT2D eigenvalue weighted by atomic mass is 79.9. The zero-order chi connectivity index (χ0) is 22.0. The van der Waals surface area contributed by atoms with Gasteiger partial charge >= 0.3 is 0 Å². The van der Waals surface area contributed by atoms with Crippen LogP contribution in [0.15, 0.2) is 46.9 Å². The quantitative estimate of drug-likeness (QED) is 0.279. The average Bonchev–Trinajstić information content (AvgIpc) is 3.32. The number of amides is 1. The maximum atomic E-state index is 13.3. The SMILES string of the molecule is CC1C2(C)CC3OC12n1c2ccccc2c2c4c(c5c6cc(Br)ccc6n3c5c21)C(=O)NC4. The molecule has 33 heavy (non-hydrogen) atoms. The second-order valence-corrected chi connectivity index (χ2v) is 11.4. The number of ether oxygens (including phenoxy) is 1. The maximum Gasteiger partial charge on any atom is 0.252 e. The number of carbonyl (C=O) groups excluding carboxylic acids is 1. The van der Waals surface area contributed by atoms with Crippen molar-refractivity contribution in [2.24, 2.45) is 11.3 Å². The van der Waals surface area contributed by atoms with Crippen LogP contribution in [-0.4, -0.2) is 15.0 Å². The largest absolute Gasteiger partial charge is 0.348 e. The van der Waals surface area contributed by atoms with Crippen LogP contribution in [0.4, 0.5) is 0 Å². The molecule has 3 aliphatic heterocycles. The van der Waals surface area contributed by atoms with Gasteiger partial charge in [0.25, 0.3) is 5.91 Å². The van der Waals surface area contributed by atoms with Gasteiger partial charge in [-0.25, -0.2) is 0 Å². The van der Waals surface area contributed by atoms with Crippen molar-refractivity contribution >= 4 is 65.4 Å². The van der Waals surface area contributed by atoms with Crippen LogP contribution in [-0.2, 0) is 17.0 Å². The minimum Gasteiger partial charge on any atom is -0.348 e. The van der Waals surface area contributed by atoms with Crippen molar-refractivity contribution < 1.29 is 9.53 Å². The van der Waals surface area contributed by atoms with Crippen LogP contribution >= 0.6 is 15.9 Å². The zero-order valence-electron chi connectivity index (χ0n) is 18.2. The first-order valence-electron chi connectivity index (χ1n) is 11.6. The molecule has 9 rings (SSSR count). The fourth-order valence-corrected chi connectivity index (χ4v) is 8.17. The first-order valence-corrected chi connectivity index (χ1v) is 12.4. The fraction of sp³-hybridized carbons (Fsp3) is 0.296. The second-order valence-electron chi connectivity index (χ2n) is 10.5. The minimum absolute atomic E-state index is 0.0286. The Bertz CT molecular complexity index is 1810. The van der Waals surface area contributed by atoms with E-state index in [1.54, 1.807) is 0 Å². The number of fused-ring (bicyclic) bond motifs is 11. The molecule has 1 amide bonds. The van der Waals surface area contributed by atoms with Gasteiger partial charge in [0.2, 0.25) is 0 Å². The summed E-state index contributed by atoms with van der Waals surface area (Å²) in [6.07, 6.45) is 0.927. The van der Waals surface area contributed by atoms with E-state index in [-0.39, 0.29) is 23.3 Å². The van der Waals surface area contributed by atoms with Gasteiger partial charge in [0.05, 0.1) is 27.6 Å². The zero-order valence-corrected chi connectivity index (χ0v) is 19.8. The highest BCUT2D eigenvalue weighted by molar-refractivity contribution is 9.10. The molecule has 5 nitrogen and oxygen atoms in total. The highest BCUT2D eigenvalue weighted by Crippen LogP contribution is 2.78. The van der Waals surface area contributed by atoms with E-state index >= 15 is 0 Å². The number of nitrogens with one attached hydrogen (secondary N) is 1. The third kappa shape index (κ3) is 1.57. The predicted octanol–water partition coefficient (Wildman–Crippen LogP) is 6.15. The number of hydrogen-bond donors (Lipinski definition) is 1. The number of aromatic nitrogens is 2. The van der Waals surface area contributed by atoms with Crippen LogP contribution in [0.1, 0.15) is 42.4 Å². The first-order chi connectivity index (χ1) is 16.0. The van der Waals surface area contributed by atoms with E-state index < -0.39 is 0 Å². The molecule has 4 aliphatic rings.